The van der Waals surface area contributed by atoms with Gasteiger partial charge in [-0.2, -0.15) is 0 Å². The van der Waals surface area contributed by atoms with E-state index < -0.39 is 10.0 Å². The van der Waals surface area contributed by atoms with E-state index in [1.807, 2.05) is 25.8 Å². The third kappa shape index (κ3) is 7.25. The molecule has 0 spiro atoms. The average Bonchev–Trinajstić information content (AvgIpc) is 1.99. The number of primary sulfonamides is 1. The van der Waals surface area contributed by atoms with Crippen LogP contribution in [0.4, 0.5) is 0 Å². The summed E-state index contributed by atoms with van der Waals surface area (Å²) in [7, 11) is -1.49. The molecule has 4 N–H and O–H groups in total. The van der Waals surface area contributed by atoms with Crippen molar-refractivity contribution < 1.29 is 8.42 Å². The molecule has 86 valence electrons. The van der Waals surface area contributed by atoms with Crippen LogP contribution in [0.2, 0.25) is 0 Å². The van der Waals surface area contributed by atoms with Crippen molar-refractivity contribution in [1.29, 1.82) is 0 Å². The molecule has 0 heterocycles. The maximum atomic E-state index is 10.7. The zero-order valence-electron chi connectivity index (χ0n) is 9.16. The summed E-state index contributed by atoms with van der Waals surface area (Å²) in [5, 5.41) is 4.90. The lowest BCUT2D eigenvalue weighted by Crippen LogP contribution is -2.39. The van der Waals surface area contributed by atoms with Gasteiger partial charge in [0.1, 0.15) is 0 Å². The average molecular weight is 223 g/mol. The predicted octanol–water partition coefficient (Wildman–Crippen LogP) is -0.808. The quantitative estimate of drug-likeness (QED) is 0.616. The Hall–Kier alpha value is -0.170. The van der Waals surface area contributed by atoms with E-state index in [0.717, 1.165) is 6.54 Å². The maximum absolute atomic E-state index is 10.7. The monoisotopic (exact) mass is 223 g/mol. The molecular weight excluding hydrogens is 202 g/mol. The Labute approximate surface area is 86.5 Å². The molecule has 0 fully saturated rings. The topological polar surface area (TPSA) is 89.4 Å². The summed E-state index contributed by atoms with van der Waals surface area (Å²) < 4.78 is 21.4. The van der Waals surface area contributed by atoms with Crippen LogP contribution in [0.5, 0.6) is 0 Å². The standard InChI is InChI=1S/C8H21N3O2S/c1-8(2,6-9)7-11(3)4-5-14(10,12)13/h4-7,9H2,1-3H3,(H2,10,12,13). The summed E-state index contributed by atoms with van der Waals surface area (Å²) in [6.45, 7) is 5.87. The predicted molar refractivity (Wildman–Crippen MR) is 58.3 cm³/mol. The van der Waals surface area contributed by atoms with E-state index in [1.165, 1.54) is 0 Å². The second kappa shape index (κ2) is 5.06. The number of rotatable bonds is 6. The van der Waals surface area contributed by atoms with Gasteiger partial charge >= 0.3 is 0 Å². The molecule has 0 aliphatic heterocycles. The van der Waals surface area contributed by atoms with Crippen molar-refractivity contribution in [2.45, 2.75) is 13.8 Å². The Balaban J connectivity index is 3.94. The van der Waals surface area contributed by atoms with Crippen LogP contribution in [0, 0.1) is 5.41 Å². The second-order valence-corrected chi connectivity index (χ2v) is 6.21. The first-order valence-electron chi connectivity index (χ1n) is 4.55. The van der Waals surface area contributed by atoms with E-state index in [1.54, 1.807) is 0 Å². The fourth-order valence-electron chi connectivity index (χ4n) is 1.16. The summed E-state index contributed by atoms with van der Waals surface area (Å²) in [5.74, 6) is -0.00977. The van der Waals surface area contributed by atoms with Gasteiger partial charge in [-0.15, -0.1) is 0 Å². The van der Waals surface area contributed by atoms with Crippen molar-refractivity contribution in [3.8, 4) is 0 Å². The summed E-state index contributed by atoms with van der Waals surface area (Å²) in [6, 6.07) is 0. The minimum absolute atomic E-state index is 0.00705. The summed E-state index contributed by atoms with van der Waals surface area (Å²) in [4.78, 5) is 1.93. The molecule has 0 bridgehead atoms. The SMILES string of the molecule is CN(CCS(N)(=O)=O)CC(C)(C)CN. The molecule has 0 atom stereocenters. The van der Waals surface area contributed by atoms with Crippen LogP contribution in [-0.2, 0) is 10.0 Å². The first-order valence-corrected chi connectivity index (χ1v) is 6.27. The Morgan fingerprint density at radius 2 is 1.86 bits per heavy atom. The lowest BCUT2D eigenvalue weighted by Gasteiger charge is -2.28. The Kier molecular flexibility index (Phi) is 5.00. The van der Waals surface area contributed by atoms with Gasteiger partial charge in [0.2, 0.25) is 10.0 Å². The van der Waals surface area contributed by atoms with Gasteiger partial charge in [0.05, 0.1) is 5.75 Å². The normalized spacial score (nSPS) is 13.6. The molecule has 5 nitrogen and oxygen atoms in total. The molecule has 0 aliphatic carbocycles. The van der Waals surface area contributed by atoms with Crippen molar-refractivity contribution in [3.63, 3.8) is 0 Å². The molecule has 0 rings (SSSR count). The zero-order valence-corrected chi connectivity index (χ0v) is 9.97. The second-order valence-electron chi connectivity index (χ2n) is 4.47. The van der Waals surface area contributed by atoms with Gasteiger partial charge < -0.3 is 10.6 Å². The first-order chi connectivity index (χ1) is 6.16. The van der Waals surface area contributed by atoms with Crippen molar-refractivity contribution >= 4 is 10.0 Å². The highest BCUT2D eigenvalue weighted by atomic mass is 32.2. The third-order valence-corrected chi connectivity index (χ3v) is 2.76. The summed E-state index contributed by atoms with van der Waals surface area (Å²) in [5.41, 5.74) is 5.57. The molecule has 0 unspecified atom stereocenters. The molecule has 0 aliphatic rings. The lowest BCUT2D eigenvalue weighted by molar-refractivity contribution is 0.224. The minimum Gasteiger partial charge on any atom is -0.330 e. The van der Waals surface area contributed by atoms with E-state index in [0.29, 0.717) is 13.1 Å². The van der Waals surface area contributed by atoms with Crippen molar-refractivity contribution in [1.82, 2.24) is 4.90 Å². The van der Waals surface area contributed by atoms with Crippen LogP contribution in [-0.4, -0.2) is 45.8 Å². The molecule has 0 aromatic heterocycles. The summed E-state index contributed by atoms with van der Waals surface area (Å²) in [6.07, 6.45) is 0. The van der Waals surface area contributed by atoms with Crippen LogP contribution in [0.15, 0.2) is 0 Å². The van der Waals surface area contributed by atoms with Crippen molar-refractivity contribution in [3.05, 3.63) is 0 Å². The van der Waals surface area contributed by atoms with Crippen molar-refractivity contribution in [2.24, 2.45) is 16.3 Å². The van der Waals surface area contributed by atoms with Gasteiger partial charge in [0, 0.05) is 13.1 Å². The van der Waals surface area contributed by atoms with Crippen molar-refractivity contribution in [2.75, 3.05) is 32.4 Å². The van der Waals surface area contributed by atoms with Gasteiger partial charge in [0.15, 0.2) is 0 Å². The maximum Gasteiger partial charge on any atom is 0.210 e. The van der Waals surface area contributed by atoms with E-state index in [-0.39, 0.29) is 11.2 Å². The molecule has 0 aromatic carbocycles. The highest BCUT2D eigenvalue weighted by molar-refractivity contribution is 7.89. The van der Waals surface area contributed by atoms with Gasteiger partial charge in [-0.1, -0.05) is 13.8 Å². The number of nitrogens with zero attached hydrogens (tertiary/aromatic N) is 1. The molecule has 0 saturated carbocycles. The van der Waals surface area contributed by atoms with Gasteiger partial charge in [-0.3, -0.25) is 0 Å². The van der Waals surface area contributed by atoms with Gasteiger partial charge in [0.25, 0.3) is 0 Å². The molecule has 14 heavy (non-hydrogen) atoms. The molecular formula is C8H21N3O2S. The number of hydrogen-bond acceptors (Lipinski definition) is 4. The smallest absolute Gasteiger partial charge is 0.210 e. The third-order valence-electron chi connectivity index (χ3n) is 2.01. The van der Waals surface area contributed by atoms with Crippen LogP contribution in [0.3, 0.4) is 0 Å². The van der Waals surface area contributed by atoms with E-state index >= 15 is 0 Å². The van der Waals surface area contributed by atoms with Gasteiger partial charge in [-0.05, 0) is 19.0 Å². The van der Waals surface area contributed by atoms with Crippen LogP contribution < -0.4 is 10.9 Å². The Morgan fingerprint density at radius 3 is 2.21 bits per heavy atom. The van der Waals surface area contributed by atoms with E-state index in [4.69, 9.17) is 10.9 Å². The number of sulfonamides is 1. The fraction of sp³-hybridized carbons (Fsp3) is 1.00. The molecule has 0 saturated heterocycles. The minimum atomic E-state index is -3.35. The highest BCUT2D eigenvalue weighted by Gasteiger charge is 2.18. The van der Waals surface area contributed by atoms with Gasteiger partial charge in [-0.25, -0.2) is 13.6 Å². The van der Waals surface area contributed by atoms with Crippen LogP contribution >= 0.6 is 0 Å². The summed E-state index contributed by atoms with van der Waals surface area (Å²) >= 11 is 0. The molecule has 0 amide bonds. The van der Waals surface area contributed by atoms with E-state index in [2.05, 4.69) is 0 Å². The number of nitrogens with two attached hydrogens (primary N) is 2. The largest absolute Gasteiger partial charge is 0.330 e. The first kappa shape index (κ1) is 13.8. The molecule has 0 aromatic rings. The Bertz CT molecular complexity index is 262. The Morgan fingerprint density at radius 1 is 1.36 bits per heavy atom. The number of hydrogen-bond donors (Lipinski definition) is 2. The fourth-order valence-corrected chi connectivity index (χ4v) is 1.72. The zero-order chi connectivity index (χ0) is 11.4. The molecule has 6 heteroatoms. The lowest BCUT2D eigenvalue weighted by atomic mass is 9.93. The van der Waals surface area contributed by atoms with Crippen LogP contribution in [0.25, 0.3) is 0 Å². The van der Waals surface area contributed by atoms with Crippen LogP contribution in [0.1, 0.15) is 13.8 Å². The van der Waals surface area contributed by atoms with E-state index in [9.17, 15) is 8.42 Å². The molecule has 0 radical (unpaired) electrons. The highest BCUT2D eigenvalue weighted by Crippen LogP contribution is 2.13.